The van der Waals surface area contributed by atoms with Crippen LogP contribution in [0.3, 0.4) is 0 Å². The van der Waals surface area contributed by atoms with Gasteiger partial charge in [-0.2, -0.15) is 4.72 Å². The van der Waals surface area contributed by atoms with E-state index in [2.05, 4.69) is 14.8 Å². The van der Waals surface area contributed by atoms with Crippen LogP contribution in [0.5, 0.6) is 0 Å². The molecular weight excluding hydrogens is 324 g/mol. The van der Waals surface area contributed by atoms with Crippen LogP contribution in [0, 0.1) is 0 Å². The minimum Gasteiger partial charge on any atom is -0.468 e. The standard InChI is InChI=1S/C14H14N2O6S/c1-21-13(17)9-15-23(19,20)11-6-4-10(5-7-11)16-14(18)12-3-2-8-22-12/h2-8,15H,9H2,1H3,(H,16,18). The van der Waals surface area contributed by atoms with Crippen LogP contribution in [0.1, 0.15) is 10.6 Å². The van der Waals surface area contributed by atoms with Gasteiger partial charge in [0.15, 0.2) is 5.76 Å². The average Bonchev–Trinajstić information content (AvgIpc) is 3.08. The van der Waals surface area contributed by atoms with Crippen LogP contribution in [-0.4, -0.2) is 33.9 Å². The Kier molecular flexibility index (Phi) is 5.14. The maximum Gasteiger partial charge on any atom is 0.320 e. The summed E-state index contributed by atoms with van der Waals surface area (Å²) in [6.07, 6.45) is 1.37. The van der Waals surface area contributed by atoms with Crippen LogP contribution in [0.15, 0.2) is 52.0 Å². The molecule has 0 atom stereocenters. The monoisotopic (exact) mass is 338 g/mol. The number of carbonyl (C=O) groups excluding carboxylic acids is 2. The molecule has 1 heterocycles. The Bertz CT molecular complexity index is 781. The molecule has 0 bridgehead atoms. The second kappa shape index (κ2) is 7.07. The minimum absolute atomic E-state index is 0.0441. The van der Waals surface area contributed by atoms with Gasteiger partial charge in [-0.05, 0) is 36.4 Å². The molecule has 1 aromatic heterocycles. The Morgan fingerprint density at radius 2 is 1.87 bits per heavy atom. The summed E-state index contributed by atoms with van der Waals surface area (Å²) < 4.78 is 35.3. The summed E-state index contributed by atoms with van der Waals surface area (Å²) in [7, 11) is -2.68. The highest BCUT2D eigenvalue weighted by Gasteiger charge is 2.16. The number of esters is 1. The van der Waals surface area contributed by atoms with Gasteiger partial charge >= 0.3 is 5.97 Å². The van der Waals surface area contributed by atoms with Crippen molar-refractivity contribution >= 4 is 27.6 Å². The molecule has 8 nitrogen and oxygen atoms in total. The second-order valence-electron chi connectivity index (χ2n) is 4.36. The average molecular weight is 338 g/mol. The molecule has 0 unspecified atom stereocenters. The van der Waals surface area contributed by atoms with Gasteiger partial charge in [-0.3, -0.25) is 9.59 Å². The summed E-state index contributed by atoms with van der Waals surface area (Å²) in [6.45, 7) is -0.462. The van der Waals surface area contributed by atoms with Gasteiger partial charge in [0, 0.05) is 5.69 Å². The van der Waals surface area contributed by atoms with Crippen molar-refractivity contribution in [2.24, 2.45) is 0 Å². The first kappa shape index (κ1) is 16.7. The SMILES string of the molecule is COC(=O)CNS(=O)(=O)c1ccc(NC(=O)c2ccco2)cc1. The Hall–Kier alpha value is -2.65. The molecule has 122 valence electrons. The smallest absolute Gasteiger partial charge is 0.320 e. The molecule has 2 N–H and O–H groups in total. The highest BCUT2D eigenvalue weighted by Crippen LogP contribution is 2.15. The first-order valence-electron chi connectivity index (χ1n) is 6.44. The van der Waals surface area contributed by atoms with E-state index in [0.29, 0.717) is 5.69 Å². The van der Waals surface area contributed by atoms with Crippen molar-refractivity contribution in [2.45, 2.75) is 4.90 Å². The fourth-order valence-electron chi connectivity index (χ4n) is 1.63. The highest BCUT2D eigenvalue weighted by atomic mass is 32.2. The number of sulfonamides is 1. The lowest BCUT2D eigenvalue weighted by molar-refractivity contribution is -0.139. The largest absolute Gasteiger partial charge is 0.468 e. The predicted molar refractivity (Wildman–Crippen MR) is 80.3 cm³/mol. The van der Waals surface area contributed by atoms with Crippen LogP contribution < -0.4 is 10.0 Å². The summed E-state index contributed by atoms with van der Waals surface area (Å²) in [5, 5.41) is 2.56. The summed E-state index contributed by atoms with van der Waals surface area (Å²) in [6, 6.07) is 8.54. The number of nitrogens with one attached hydrogen (secondary N) is 2. The summed E-state index contributed by atoms with van der Waals surface area (Å²) in [5.41, 5.74) is 0.401. The van der Waals surface area contributed by atoms with E-state index in [0.717, 1.165) is 7.11 Å². The number of rotatable bonds is 6. The number of ether oxygens (including phenoxy) is 1. The lowest BCUT2D eigenvalue weighted by atomic mass is 10.3. The predicted octanol–water partition coefficient (Wildman–Crippen LogP) is 0.983. The van der Waals surface area contributed by atoms with Gasteiger partial charge < -0.3 is 14.5 Å². The quantitative estimate of drug-likeness (QED) is 0.759. The number of amides is 1. The van der Waals surface area contributed by atoms with Crippen LogP contribution in [-0.2, 0) is 19.6 Å². The number of furan rings is 1. The van der Waals surface area contributed by atoms with Gasteiger partial charge in [-0.15, -0.1) is 0 Å². The fraction of sp³-hybridized carbons (Fsp3) is 0.143. The van der Waals surface area contributed by atoms with Crippen LogP contribution in [0.4, 0.5) is 5.69 Å². The van der Waals surface area contributed by atoms with Gasteiger partial charge in [-0.25, -0.2) is 8.42 Å². The molecule has 0 saturated heterocycles. The second-order valence-corrected chi connectivity index (χ2v) is 6.12. The van der Waals surface area contributed by atoms with Crippen LogP contribution in [0.25, 0.3) is 0 Å². The van der Waals surface area contributed by atoms with Gasteiger partial charge in [0.1, 0.15) is 6.54 Å². The molecule has 0 radical (unpaired) electrons. The summed E-state index contributed by atoms with van der Waals surface area (Å²) in [5.74, 6) is -1.01. The van der Waals surface area contributed by atoms with Crippen molar-refractivity contribution in [3.63, 3.8) is 0 Å². The van der Waals surface area contributed by atoms with E-state index in [9.17, 15) is 18.0 Å². The van der Waals surface area contributed by atoms with Crippen molar-refractivity contribution in [3.05, 3.63) is 48.4 Å². The van der Waals surface area contributed by atoms with Gasteiger partial charge in [0.25, 0.3) is 5.91 Å². The molecule has 0 aliphatic rings. The third kappa shape index (κ3) is 4.41. The molecule has 0 saturated carbocycles. The van der Waals surface area contributed by atoms with Gasteiger partial charge in [0.2, 0.25) is 10.0 Å². The lowest BCUT2D eigenvalue weighted by Gasteiger charge is -2.07. The molecule has 0 spiro atoms. The zero-order valence-electron chi connectivity index (χ0n) is 12.1. The number of carbonyl (C=O) groups is 2. The molecule has 9 heteroatoms. The molecule has 1 aromatic carbocycles. The zero-order valence-corrected chi connectivity index (χ0v) is 12.9. The number of hydrogen-bond donors (Lipinski definition) is 2. The molecule has 2 aromatic rings. The Labute approximate surface area is 132 Å². The summed E-state index contributed by atoms with van der Waals surface area (Å²) >= 11 is 0. The maximum atomic E-state index is 12.0. The number of methoxy groups -OCH3 is 1. The molecule has 0 fully saturated rings. The van der Waals surface area contributed by atoms with E-state index in [4.69, 9.17) is 4.42 Å². The molecule has 1 amide bonds. The number of benzene rings is 1. The first-order valence-corrected chi connectivity index (χ1v) is 7.92. The molecule has 2 rings (SSSR count). The lowest BCUT2D eigenvalue weighted by Crippen LogP contribution is -2.30. The molecule has 0 aliphatic carbocycles. The third-order valence-corrected chi connectivity index (χ3v) is 4.22. The minimum atomic E-state index is -3.84. The van der Waals surface area contributed by atoms with E-state index in [1.165, 1.54) is 36.6 Å². The normalized spacial score (nSPS) is 11.0. The van der Waals surface area contributed by atoms with E-state index in [1.54, 1.807) is 6.07 Å². The maximum absolute atomic E-state index is 12.0. The molecule has 0 aliphatic heterocycles. The van der Waals surface area contributed by atoms with Crippen molar-refractivity contribution in [1.29, 1.82) is 0 Å². The summed E-state index contributed by atoms with van der Waals surface area (Å²) in [4.78, 5) is 22.7. The van der Waals surface area contributed by atoms with E-state index >= 15 is 0 Å². The molecular formula is C14H14N2O6S. The van der Waals surface area contributed by atoms with Crippen molar-refractivity contribution < 1.29 is 27.2 Å². The van der Waals surface area contributed by atoms with Gasteiger partial charge in [0.05, 0.1) is 18.3 Å². The Balaban J connectivity index is 2.04. The third-order valence-electron chi connectivity index (χ3n) is 2.80. The first-order chi connectivity index (χ1) is 10.9. The van der Waals surface area contributed by atoms with E-state index < -0.39 is 28.4 Å². The van der Waals surface area contributed by atoms with E-state index in [1.807, 2.05) is 0 Å². The van der Waals surface area contributed by atoms with Gasteiger partial charge in [-0.1, -0.05) is 0 Å². The Morgan fingerprint density at radius 3 is 2.43 bits per heavy atom. The number of anilines is 1. The van der Waals surface area contributed by atoms with E-state index in [-0.39, 0.29) is 10.7 Å². The molecule has 23 heavy (non-hydrogen) atoms. The zero-order chi connectivity index (χ0) is 16.9. The number of hydrogen-bond acceptors (Lipinski definition) is 6. The fourth-order valence-corrected chi connectivity index (χ4v) is 2.60. The van der Waals surface area contributed by atoms with Crippen molar-refractivity contribution in [1.82, 2.24) is 4.72 Å². The topological polar surface area (TPSA) is 115 Å². The Morgan fingerprint density at radius 1 is 1.17 bits per heavy atom. The van der Waals surface area contributed by atoms with Crippen molar-refractivity contribution in [2.75, 3.05) is 19.0 Å². The highest BCUT2D eigenvalue weighted by molar-refractivity contribution is 7.89. The van der Waals surface area contributed by atoms with Crippen LogP contribution >= 0.6 is 0 Å². The van der Waals surface area contributed by atoms with Crippen molar-refractivity contribution in [3.8, 4) is 0 Å². The van der Waals surface area contributed by atoms with Crippen LogP contribution in [0.2, 0.25) is 0 Å².